The van der Waals surface area contributed by atoms with Crippen molar-refractivity contribution < 1.29 is 19.0 Å². The van der Waals surface area contributed by atoms with Crippen LogP contribution in [0.3, 0.4) is 0 Å². The number of nitrogens with zero attached hydrogens (tertiary/aromatic N) is 4. The van der Waals surface area contributed by atoms with Crippen LogP contribution in [0.15, 0.2) is 31.0 Å². The average Bonchev–Trinajstić information content (AvgIpc) is 3.31. The number of anilines is 2. The van der Waals surface area contributed by atoms with Crippen LogP contribution in [0, 0.1) is 11.8 Å². The fourth-order valence-electron chi connectivity index (χ4n) is 5.37. The maximum Gasteiger partial charge on any atom is 0.243 e. The molecule has 4 atom stereocenters. The Balaban J connectivity index is 1.42. The van der Waals surface area contributed by atoms with Gasteiger partial charge in [0, 0.05) is 36.3 Å². The number of amides is 1. The van der Waals surface area contributed by atoms with Gasteiger partial charge < -0.3 is 29.7 Å². The molecule has 3 aromatic rings. The number of benzene rings is 1. The highest BCUT2D eigenvalue weighted by Crippen LogP contribution is 2.49. The van der Waals surface area contributed by atoms with Crippen molar-refractivity contribution in [3.05, 3.63) is 41.0 Å². The molecule has 6 rings (SSSR count). The number of fused-ring (bicyclic) bond motifs is 2. The molecule has 2 unspecified atom stereocenters. The Morgan fingerprint density at radius 1 is 1.10 bits per heavy atom. The summed E-state index contributed by atoms with van der Waals surface area (Å²) in [7, 11) is 3.08. The number of methoxy groups -OCH3 is 2. The van der Waals surface area contributed by atoms with Gasteiger partial charge in [0.25, 0.3) is 0 Å². The lowest BCUT2D eigenvalue weighted by atomic mass is 10.1. The summed E-state index contributed by atoms with van der Waals surface area (Å²) in [6.07, 6.45) is 4.25. The number of halogens is 2. The number of piperidine rings is 1. The summed E-state index contributed by atoms with van der Waals surface area (Å²) >= 11 is 13.5. The van der Waals surface area contributed by atoms with Crippen LogP contribution in [-0.2, 0) is 9.53 Å². The first-order chi connectivity index (χ1) is 18.9. The minimum Gasteiger partial charge on any atom is -0.495 e. The van der Waals surface area contributed by atoms with Gasteiger partial charge in [-0.15, -0.1) is 0 Å². The van der Waals surface area contributed by atoms with Crippen LogP contribution in [0.2, 0.25) is 10.0 Å². The zero-order valence-corrected chi connectivity index (χ0v) is 23.1. The summed E-state index contributed by atoms with van der Waals surface area (Å²) in [6, 6.07) is 3.11. The highest BCUT2D eigenvalue weighted by Gasteiger charge is 2.46. The highest BCUT2D eigenvalue weighted by atomic mass is 35.5. The maximum absolute atomic E-state index is 11.8. The molecule has 10 nitrogen and oxygen atoms in total. The van der Waals surface area contributed by atoms with Gasteiger partial charge >= 0.3 is 0 Å². The molecule has 2 aromatic heterocycles. The maximum atomic E-state index is 11.8. The molecule has 4 heterocycles. The van der Waals surface area contributed by atoms with E-state index in [9.17, 15) is 4.79 Å². The predicted molar refractivity (Wildman–Crippen MR) is 150 cm³/mol. The Morgan fingerprint density at radius 2 is 1.79 bits per heavy atom. The topological polar surface area (TPSA) is 111 Å². The number of pyridine rings is 1. The van der Waals surface area contributed by atoms with Crippen molar-refractivity contribution in [2.24, 2.45) is 11.8 Å². The van der Waals surface area contributed by atoms with Gasteiger partial charge in [-0.05, 0) is 30.4 Å². The molecule has 3 fully saturated rings. The van der Waals surface area contributed by atoms with Crippen LogP contribution < -0.4 is 25.0 Å². The van der Waals surface area contributed by atoms with E-state index in [4.69, 9.17) is 47.4 Å². The number of carbonyl (C=O) groups excluding carboxylic acids is 1. The molecule has 12 heteroatoms. The molecule has 0 spiro atoms. The lowest BCUT2D eigenvalue weighted by molar-refractivity contribution is -0.117. The Morgan fingerprint density at radius 3 is 2.46 bits per heavy atom. The largest absolute Gasteiger partial charge is 0.495 e. The number of hydrogen-bond donors (Lipinski definition) is 2. The number of hydrogen-bond acceptors (Lipinski definition) is 9. The molecule has 204 valence electrons. The SMILES string of the molecule is C=CC(=O)N[C@H]1COC[C@H]1Nc1ncc2cc(-c3c(Cl)c(OC)cc(OC)c3Cl)nc(N3CC4CC4C3)c2n1. The number of nitrogens with one attached hydrogen (secondary N) is 2. The summed E-state index contributed by atoms with van der Waals surface area (Å²) < 4.78 is 16.5. The van der Waals surface area contributed by atoms with E-state index in [-0.39, 0.29) is 18.0 Å². The quantitative estimate of drug-likeness (QED) is 0.389. The number of ether oxygens (including phenoxy) is 3. The summed E-state index contributed by atoms with van der Waals surface area (Å²) in [5.74, 6) is 3.15. The number of rotatable bonds is 8. The lowest BCUT2D eigenvalue weighted by Gasteiger charge is -2.23. The zero-order valence-electron chi connectivity index (χ0n) is 21.5. The molecule has 0 radical (unpaired) electrons. The lowest BCUT2D eigenvalue weighted by Crippen LogP contribution is -2.45. The molecule has 1 saturated carbocycles. The van der Waals surface area contributed by atoms with Gasteiger partial charge in [-0.25, -0.2) is 15.0 Å². The summed E-state index contributed by atoms with van der Waals surface area (Å²) in [4.78, 5) is 28.6. The van der Waals surface area contributed by atoms with Crippen molar-refractivity contribution in [1.82, 2.24) is 20.3 Å². The monoisotopic (exact) mass is 570 g/mol. The molecule has 2 N–H and O–H groups in total. The van der Waals surface area contributed by atoms with E-state index in [0.29, 0.717) is 69.3 Å². The third-order valence-electron chi connectivity index (χ3n) is 7.56. The Labute approximate surface area is 235 Å². The summed E-state index contributed by atoms with van der Waals surface area (Å²) in [5.41, 5.74) is 1.81. The molecule has 2 aliphatic heterocycles. The van der Waals surface area contributed by atoms with Gasteiger partial charge in [-0.2, -0.15) is 0 Å². The highest BCUT2D eigenvalue weighted by molar-refractivity contribution is 6.41. The predicted octanol–water partition coefficient (Wildman–Crippen LogP) is 3.95. The first-order valence-corrected chi connectivity index (χ1v) is 13.5. The van der Waals surface area contributed by atoms with Crippen LogP contribution in [0.5, 0.6) is 11.5 Å². The Bertz CT molecular complexity index is 1430. The molecule has 39 heavy (non-hydrogen) atoms. The van der Waals surface area contributed by atoms with Gasteiger partial charge in [0.1, 0.15) is 17.0 Å². The smallest absolute Gasteiger partial charge is 0.243 e. The van der Waals surface area contributed by atoms with E-state index in [2.05, 4.69) is 27.1 Å². The molecular formula is C27H28Cl2N6O4. The Kier molecular flexibility index (Phi) is 6.86. The van der Waals surface area contributed by atoms with Crippen molar-refractivity contribution in [3.8, 4) is 22.8 Å². The van der Waals surface area contributed by atoms with Gasteiger partial charge in [0.05, 0.1) is 55.3 Å². The van der Waals surface area contributed by atoms with Crippen LogP contribution in [0.25, 0.3) is 22.2 Å². The van der Waals surface area contributed by atoms with E-state index >= 15 is 0 Å². The van der Waals surface area contributed by atoms with Crippen molar-refractivity contribution in [3.63, 3.8) is 0 Å². The van der Waals surface area contributed by atoms with Gasteiger partial charge in [-0.3, -0.25) is 4.79 Å². The average molecular weight is 571 g/mol. The number of carbonyl (C=O) groups is 1. The van der Waals surface area contributed by atoms with E-state index in [1.807, 2.05) is 6.07 Å². The third-order valence-corrected chi connectivity index (χ3v) is 8.31. The minimum atomic E-state index is -0.255. The standard InChI is InChI=1S/C27H28Cl2N6O4/c1-4-21(36)31-17-11-39-12-18(17)33-27-30-8-13-6-16(22-23(28)19(37-2)7-20(38-3)24(22)29)32-26(25(13)34-27)35-9-14-5-15(14)10-35/h4,6-8,14-15,17-18H,1,5,9-12H2,2-3H3,(H,31,36)(H,30,33,34)/t14?,15?,17-,18+/m0/s1. The first-order valence-electron chi connectivity index (χ1n) is 12.7. The summed E-state index contributed by atoms with van der Waals surface area (Å²) in [5, 5.41) is 7.69. The molecular weight excluding hydrogens is 543 g/mol. The van der Waals surface area contributed by atoms with Crippen molar-refractivity contribution in [1.29, 1.82) is 0 Å². The minimum absolute atomic E-state index is 0.191. The third kappa shape index (κ3) is 4.81. The van der Waals surface area contributed by atoms with Crippen LogP contribution in [0.1, 0.15) is 6.42 Å². The van der Waals surface area contributed by atoms with Crippen LogP contribution in [0.4, 0.5) is 11.8 Å². The normalized spacial score (nSPS) is 23.4. The van der Waals surface area contributed by atoms with E-state index < -0.39 is 0 Å². The second kappa shape index (κ2) is 10.3. The zero-order chi connectivity index (χ0) is 27.3. The van der Waals surface area contributed by atoms with Gasteiger partial charge in [-0.1, -0.05) is 29.8 Å². The van der Waals surface area contributed by atoms with Crippen LogP contribution >= 0.6 is 23.2 Å². The molecule has 1 aromatic carbocycles. The van der Waals surface area contributed by atoms with Gasteiger partial charge in [0.2, 0.25) is 11.9 Å². The molecule has 1 amide bonds. The molecule has 2 saturated heterocycles. The second-order valence-electron chi connectivity index (χ2n) is 10.0. The molecule has 1 aliphatic carbocycles. The Hall–Kier alpha value is -3.34. The fourth-order valence-corrected chi connectivity index (χ4v) is 6.06. The van der Waals surface area contributed by atoms with Crippen molar-refractivity contribution in [2.45, 2.75) is 18.5 Å². The van der Waals surface area contributed by atoms with E-state index in [1.165, 1.54) is 12.5 Å². The fraction of sp³-hybridized carbons (Fsp3) is 0.407. The summed E-state index contributed by atoms with van der Waals surface area (Å²) in [6.45, 7) is 6.16. The van der Waals surface area contributed by atoms with Crippen LogP contribution in [-0.4, -0.2) is 73.5 Å². The van der Waals surface area contributed by atoms with E-state index in [0.717, 1.165) is 24.3 Å². The second-order valence-corrected chi connectivity index (χ2v) is 10.8. The molecule has 3 aliphatic rings. The molecule has 0 bridgehead atoms. The van der Waals surface area contributed by atoms with Crippen molar-refractivity contribution in [2.75, 3.05) is 50.7 Å². The number of aromatic nitrogens is 3. The van der Waals surface area contributed by atoms with Gasteiger partial charge in [0.15, 0.2) is 5.82 Å². The van der Waals surface area contributed by atoms with E-state index in [1.54, 1.807) is 26.5 Å². The van der Waals surface area contributed by atoms with Crippen molar-refractivity contribution >= 4 is 51.8 Å². The first kappa shape index (κ1) is 25.9.